The number of hydrogen-bond donors (Lipinski definition) is 3. The van der Waals surface area contributed by atoms with Crippen molar-refractivity contribution in [2.24, 2.45) is 0 Å². The Morgan fingerprint density at radius 2 is 2.16 bits per heavy atom. The van der Waals surface area contributed by atoms with Crippen LogP contribution in [0.3, 0.4) is 0 Å². The van der Waals surface area contributed by atoms with E-state index in [2.05, 4.69) is 5.32 Å². The maximum Gasteiger partial charge on any atom is 0.272 e. The summed E-state index contributed by atoms with van der Waals surface area (Å²) in [5, 5.41) is 12.1. The van der Waals surface area contributed by atoms with Crippen LogP contribution in [0.1, 0.15) is 29.4 Å². The average Bonchev–Trinajstić information content (AvgIpc) is 3.12. The molecule has 1 heterocycles. The van der Waals surface area contributed by atoms with Crippen molar-refractivity contribution in [2.75, 3.05) is 11.1 Å². The van der Waals surface area contributed by atoms with Gasteiger partial charge in [-0.25, -0.2) is 0 Å². The highest BCUT2D eigenvalue weighted by Crippen LogP contribution is 2.37. The second kappa shape index (κ2) is 4.35. The van der Waals surface area contributed by atoms with Crippen LogP contribution in [0, 0.1) is 0 Å². The lowest BCUT2D eigenvalue weighted by atomic mass is 10.3. The zero-order chi connectivity index (χ0) is 13.4. The molecule has 1 saturated carbocycles. The van der Waals surface area contributed by atoms with Crippen molar-refractivity contribution in [1.82, 2.24) is 4.57 Å². The molecule has 5 heteroatoms. The molecule has 0 unspecified atom stereocenters. The summed E-state index contributed by atoms with van der Waals surface area (Å²) in [5.41, 5.74) is 7.47. The summed E-state index contributed by atoms with van der Waals surface area (Å²) in [4.78, 5) is 12.2. The molecular formula is C14H15N3O2. The number of nitrogens with one attached hydrogen (secondary N) is 1. The molecule has 0 aliphatic heterocycles. The number of phenolic OH excluding ortho intramolecular Hbond substituents is 1. The van der Waals surface area contributed by atoms with E-state index in [-0.39, 0.29) is 11.7 Å². The largest absolute Gasteiger partial charge is 0.508 e. The van der Waals surface area contributed by atoms with Gasteiger partial charge in [-0.1, -0.05) is 6.07 Å². The van der Waals surface area contributed by atoms with E-state index in [1.807, 2.05) is 4.57 Å². The number of benzene rings is 1. The fourth-order valence-corrected chi connectivity index (χ4v) is 2.12. The number of carbonyl (C=O) groups is 1. The molecule has 0 spiro atoms. The molecule has 1 aliphatic carbocycles. The molecule has 19 heavy (non-hydrogen) atoms. The summed E-state index contributed by atoms with van der Waals surface area (Å²) in [6, 6.07) is 8.54. The van der Waals surface area contributed by atoms with Crippen LogP contribution < -0.4 is 11.1 Å². The van der Waals surface area contributed by atoms with Crippen molar-refractivity contribution in [3.8, 4) is 5.75 Å². The molecule has 4 N–H and O–H groups in total. The van der Waals surface area contributed by atoms with Crippen molar-refractivity contribution >= 4 is 17.3 Å². The summed E-state index contributed by atoms with van der Waals surface area (Å²) < 4.78 is 1.92. The number of hydrogen-bond acceptors (Lipinski definition) is 3. The number of carbonyl (C=O) groups excluding carboxylic acids is 1. The Balaban J connectivity index is 1.84. The van der Waals surface area contributed by atoms with Crippen molar-refractivity contribution in [3.63, 3.8) is 0 Å². The standard InChI is InChI=1S/C14H15N3O2/c15-9-6-13(17(8-9)11-4-5-11)14(19)16-10-2-1-3-12(18)7-10/h1-3,6-8,11,18H,4-5,15H2,(H,16,19). The van der Waals surface area contributed by atoms with E-state index in [0.29, 0.717) is 23.1 Å². The summed E-state index contributed by atoms with van der Waals surface area (Å²) >= 11 is 0. The van der Waals surface area contributed by atoms with Crippen LogP contribution in [0.2, 0.25) is 0 Å². The predicted molar refractivity (Wildman–Crippen MR) is 73.2 cm³/mol. The fraction of sp³-hybridized carbons (Fsp3) is 0.214. The number of nitrogens with two attached hydrogens (primary N) is 1. The molecule has 2 aromatic rings. The second-order valence-electron chi connectivity index (χ2n) is 4.80. The van der Waals surface area contributed by atoms with E-state index in [9.17, 15) is 9.90 Å². The number of rotatable bonds is 3. The second-order valence-corrected chi connectivity index (χ2v) is 4.80. The first-order valence-electron chi connectivity index (χ1n) is 6.21. The Hall–Kier alpha value is -2.43. The molecule has 98 valence electrons. The Morgan fingerprint density at radius 1 is 1.37 bits per heavy atom. The third kappa shape index (κ3) is 2.40. The van der Waals surface area contributed by atoms with Crippen LogP contribution in [-0.4, -0.2) is 15.6 Å². The Kier molecular flexibility index (Phi) is 2.67. The van der Waals surface area contributed by atoms with Gasteiger partial charge in [0.25, 0.3) is 5.91 Å². The third-order valence-electron chi connectivity index (χ3n) is 3.15. The number of nitrogen functional groups attached to an aromatic ring is 1. The van der Waals surface area contributed by atoms with E-state index >= 15 is 0 Å². The lowest BCUT2D eigenvalue weighted by molar-refractivity contribution is 0.101. The van der Waals surface area contributed by atoms with Crippen molar-refractivity contribution in [2.45, 2.75) is 18.9 Å². The molecule has 1 amide bonds. The minimum atomic E-state index is -0.214. The van der Waals surface area contributed by atoms with Gasteiger partial charge in [0.05, 0.1) is 5.69 Å². The normalized spacial score (nSPS) is 14.3. The molecule has 0 radical (unpaired) electrons. The summed E-state index contributed by atoms with van der Waals surface area (Å²) in [7, 11) is 0. The van der Waals surface area contributed by atoms with Gasteiger partial charge in [0.1, 0.15) is 11.4 Å². The van der Waals surface area contributed by atoms with Crippen LogP contribution in [0.25, 0.3) is 0 Å². The highest BCUT2D eigenvalue weighted by Gasteiger charge is 2.27. The average molecular weight is 257 g/mol. The number of aromatic nitrogens is 1. The van der Waals surface area contributed by atoms with E-state index in [1.54, 1.807) is 30.5 Å². The van der Waals surface area contributed by atoms with Crippen LogP contribution in [-0.2, 0) is 0 Å². The van der Waals surface area contributed by atoms with Crippen LogP contribution >= 0.6 is 0 Å². The van der Waals surface area contributed by atoms with Crippen molar-refractivity contribution in [3.05, 3.63) is 42.2 Å². The number of aromatic hydroxyl groups is 1. The van der Waals surface area contributed by atoms with Gasteiger partial charge in [-0.15, -0.1) is 0 Å². The lowest BCUT2D eigenvalue weighted by Crippen LogP contribution is -2.16. The van der Waals surface area contributed by atoms with Crippen LogP contribution in [0.15, 0.2) is 36.5 Å². The van der Waals surface area contributed by atoms with Gasteiger partial charge in [-0.2, -0.15) is 0 Å². The molecule has 1 aromatic heterocycles. The molecule has 3 rings (SSSR count). The highest BCUT2D eigenvalue weighted by molar-refractivity contribution is 6.04. The minimum Gasteiger partial charge on any atom is -0.508 e. The fourth-order valence-electron chi connectivity index (χ4n) is 2.12. The minimum absolute atomic E-state index is 0.120. The topological polar surface area (TPSA) is 80.3 Å². The maximum atomic E-state index is 12.2. The Bertz CT molecular complexity index is 629. The first-order valence-corrected chi connectivity index (χ1v) is 6.21. The quantitative estimate of drug-likeness (QED) is 0.789. The first-order chi connectivity index (χ1) is 9.13. The third-order valence-corrected chi connectivity index (χ3v) is 3.15. The van der Waals surface area contributed by atoms with E-state index in [0.717, 1.165) is 12.8 Å². The zero-order valence-electron chi connectivity index (χ0n) is 10.3. The Labute approximate surface area is 110 Å². The summed E-state index contributed by atoms with van der Waals surface area (Å²) in [5.74, 6) is -0.0934. The maximum absolute atomic E-state index is 12.2. The lowest BCUT2D eigenvalue weighted by Gasteiger charge is -2.08. The van der Waals surface area contributed by atoms with Gasteiger partial charge in [-0.05, 0) is 31.0 Å². The van der Waals surface area contributed by atoms with Gasteiger partial charge < -0.3 is 20.7 Å². The number of phenols is 1. The molecule has 5 nitrogen and oxygen atoms in total. The van der Waals surface area contributed by atoms with Gasteiger partial charge in [0.2, 0.25) is 0 Å². The van der Waals surface area contributed by atoms with Crippen LogP contribution in [0.5, 0.6) is 5.75 Å². The zero-order valence-corrected chi connectivity index (χ0v) is 10.3. The number of nitrogens with zero attached hydrogens (tertiary/aromatic N) is 1. The van der Waals surface area contributed by atoms with Crippen molar-refractivity contribution < 1.29 is 9.90 Å². The number of anilines is 2. The van der Waals surface area contributed by atoms with Gasteiger partial charge >= 0.3 is 0 Å². The summed E-state index contributed by atoms with van der Waals surface area (Å²) in [6.45, 7) is 0. The molecule has 0 atom stereocenters. The smallest absolute Gasteiger partial charge is 0.272 e. The first kappa shape index (κ1) is 11.6. The van der Waals surface area contributed by atoms with E-state index < -0.39 is 0 Å². The van der Waals surface area contributed by atoms with E-state index in [1.165, 1.54) is 6.07 Å². The molecule has 0 bridgehead atoms. The van der Waals surface area contributed by atoms with Gasteiger partial charge in [0, 0.05) is 24.0 Å². The highest BCUT2D eigenvalue weighted by atomic mass is 16.3. The van der Waals surface area contributed by atoms with Crippen molar-refractivity contribution in [1.29, 1.82) is 0 Å². The number of amides is 1. The monoisotopic (exact) mass is 257 g/mol. The Morgan fingerprint density at radius 3 is 2.84 bits per heavy atom. The molecule has 1 fully saturated rings. The molecule has 1 aromatic carbocycles. The summed E-state index contributed by atoms with van der Waals surface area (Å²) in [6.07, 6.45) is 3.97. The van der Waals surface area contributed by atoms with Gasteiger partial charge in [0.15, 0.2) is 0 Å². The SMILES string of the molecule is Nc1cc(C(=O)Nc2cccc(O)c2)n(C2CC2)c1. The molecule has 1 aliphatic rings. The van der Waals surface area contributed by atoms with Crippen LogP contribution in [0.4, 0.5) is 11.4 Å². The molecular weight excluding hydrogens is 242 g/mol. The molecule has 0 saturated heterocycles. The predicted octanol–water partition coefficient (Wildman–Crippen LogP) is 2.36. The van der Waals surface area contributed by atoms with E-state index in [4.69, 9.17) is 5.73 Å². The van der Waals surface area contributed by atoms with Gasteiger partial charge in [-0.3, -0.25) is 4.79 Å².